The molecule has 0 saturated carbocycles. The summed E-state index contributed by atoms with van der Waals surface area (Å²) in [6, 6.07) is 11.9. The van der Waals surface area contributed by atoms with Crippen LogP contribution < -0.4 is 10.2 Å². The van der Waals surface area contributed by atoms with E-state index in [1.807, 2.05) is 44.4 Å². The van der Waals surface area contributed by atoms with E-state index in [9.17, 15) is 0 Å². The van der Waals surface area contributed by atoms with Gasteiger partial charge in [0.15, 0.2) is 0 Å². The molecule has 0 aliphatic carbocycles. The lowest BCUT2D eigenvalue weighted by Gasteiger charge is -2.25. The second-order valence-corrected chi connectivity index (χ2v) is 7.47. The van der Waals surface area contributed by atoms with Gasteiger partial charge in [-0.15, -0.1) is 0 Å². The molecule has 2 nitrogen and oxygen atoms in total. The number of halogens is 2. The molecule has 0 unspecified atom stereocenters. The average Bonchev–Trinajstić information content (AvgIpc) is 2.40. The molecule has 4 heteroatoms. The predicted molar refractivity (Wildman–Crippen MR) is 99.6 cm³/mol. The Morgan fingerprint density at radius 2 is 1.59 bits per heavy atom. The highest BCUT2D eigenvalue weighted by atomic mass is 35.5. The summed E-state index contributed by atoms with van der Waals surface area (Å²) >= 11 is 12.7. The van der Waals surface area contributed by atoms with Crippen molar-refractivity contribution in [1.29, 1.82) is 0 Å². The standard InChI is InChI=1S/C18H22Cl2N2/c1-18(2,3)21-17-9-6-12(19)10-15(17)14-11-13(22(4)5)7-8-16(14)20/h6-11,21H,1-5H3. The molecule has 118 valence electrons. The van der Waals surface area contributed by atoms with Crippen LogP contribution in [0, 0.1) is 0 Å². The molecule has 1 N–H and O–H groups in total. The Balaban J connectivity index is 2.60. The third-order valence-electron chi connectivity index (χ3n) is 3.25. The highest BCUT2D eigenvalue weighted by molar-refractivity contribution is 6.34. The zero-order chi connectivity index (χ0) is 16.5. The summed E-state index contributed by atoms with van der Waals surface area (Å²) in [5.74, 6) is 0. The van der Waals surface area contributed by atoms with Crippen molar-refractivity contribution in [1.82, 2.24) is 0 Å². The molecule has 0 bridgehead atoms. The van der Waals surface area contributed by atoms with E-state index < -0.39 is 0 Å². The fraction of sp³-hybridized carbons (Fsp3) is 0.333. The Kier molecular flexibility index (Phi) is 4.93. The lowest BCUT2D eigenvalue weighted by molar-refractivity contribution is 0.634. The van der Waals surface area contributed by atoms with Crippen molar-refractivity contribution in [3.8, 4) is 11.1 Å². The quantitative estimate of drug-likeness (QED) is 0.746. The van der Waals surface area contributed by atoms with Gasteiger partial charge < -0.3 is 10.2 Å². The van der Waals surface area contributed by atoms with E-state index in [4.69, 9.17) is 23.2 Å². The van der Waals surface area contributed by atoms with Gasteiger partial charge in [0, 0.05) is 52.2 Å². The highest BCUT2D eigenvalue weighted by Gasteiger charge is 2.16. The van der Waals surface area contributed by atoms with Crippen LogP contribution in [0.25, 0.3) is 11.1 Å². The number of anilines is 2. The first kappa shape index (κ1) is 17.0. The van der Waals surface area contributed by atoms with E-state index in [1.165, 1.54) is 0 Å². The topological polar surface area (TPSA) is 15.3 Å². The van der Waals surface area contributed by atoms with Crippen LogP contribution in [-0.4, -0.2) is 19.6 Å². The summed E-state index contributed by atoms with van der Waals surface area (Å²) in [6.07, 6.45) is 0. The molecule has 0 aromatic heterocycles. The van der Waals surface area contributed by atoms with Gasteiger partial charge in [0.25, 0.3) is 0 Å². The van der Waals surface area contributed by atoms with Crippen LogP contribution in [0.4, 0.5) is 11.4 Å². The van der Waals surface area contributed by atoms with Crippen molar-refractivity contribution < 1.29 is 0 Å². The molecule has 0 atom stereocenters. The van der Waals surface area contributed by atoms with Crippen LogP contribution in [0.2, 0.25) is 10.0 Å². The van der Waals surface area contributed by atoms with Crippen molar-refractivity contribution in [2.24, 2.45) is 0 Å². The van der Waals surface area contributed by atoms with Gasteiger partial charge >= 0.3 is 0 Å². The Morgan fingerprint density at radius 1 is 0.909 bits per heavy atom. The molecule has 0 fully saturated rings. The zero-order valence-corrected chi connectivity index (χ0v) is 15.2. The van der Waals surface area contributed by atoms with E-state index in [0.717, 1.165) is 22.5 Å². The Bertz CT molecular complexity index is 673. The molecule has 0 amide bonds. The number of nitrogens with zero attached hydrogens (tertiary/aromatic N) is 1. The van der Waals surface area contributed by atoms with Crippen molar-refractivity contribution in [2.75, 3.05) is 24.3 Å². The molecular weight excluding hydrogens is 315 g/mol. The fourth-order valence-corrected chi connectivity index (χ4v) is 2.64. The molecule has 22 heavy (non-hydrogen) atoms. The molecule has 0 aliphatic rings. The van der Waals surface area contributed by atoms with Crippen LogP contribution in [0.3, 0.4) is 0 Å². The molecular formula is C18H22Cl2N2. The fourth-order valence-electron chi connectivity index (χ4n) is 2.25. The van der Waals surface area contributed by atoms with Gasteiger partial charge in [-0.1, -0.05) is 23.2 Å². The third-order valence-corrected chi connectivity index (χ3v) is 3.81. The maximum Gasteiger partial charge on any atom is 0.0486 e. The molecule has 0 saturated heterocycles. The normalized spacial score (nSPS) is 11.4. The summed E-state index contributed by atoms with van der Waals surface area (Å²) in [7, 11) is 4.03. The summed E-state index contributed by atoms with van der Waals surface area (Å²) in [5, 5.41) is 4.93. The van der Waals surface area contributed by atoms with Crippen molar-refractivity contribution in [3.05, 3.63) is 46.4 Å². The highest BCUT2D eigenvalue weighted by Crippen LogP contribution is 2.38. The first-order valence-corrected chi connectivity index (χ1v) is 7.98. The molecule has 0 radical (unpaired) electrons. The van der Waals surface area contributed by atoms with Crippen molar-refractivity contribution in [2.45, 2.75) is 26.3 Å². The van der Waals surface area contributed by atoms with Gasteiger partial charge in [0.05, 0.1) is 0 Å². The third kappa shape index (κ3) is 4.08. The minimum absolute atomic E-state index is 0.0474. The van der Waals surface area contributed by atoms with Gasteiger partial charge in [-0.3, -0.25) is 0 Å². The molecule has 0 aliphatic heterocycles. The van der Waals surface area contributed by atoms with Crippen LogP contribution in [0.15, 0.2) is 36.4 Å². The van der Waals surface area contributed by atoms with E-state index in [-0.39, 0.29) is 5.54 Å². The Hall–Kier alpha value is -1.38. The minimum Gasteiger partial charge on any atom is -0.380 e. The van der Waals surface area contributed by atoms with Gasteiger partial charge in [0.2, 0.25) is 0 Å². The number of rotatable bonds is 3. The number of nitrogens with one attached hydrogen (secondary N) is 1. The summed E-state index contributed by atoms with van der Waals surface area (Å²) in [4.78, 5) is 2.06. The Labute approximate surface area is 143 Å². The molecule has 2 rings (SSSR count). The van der Waals surface area contributed by atoms with Crippen LogP contribution >= 0.6 is 23.2 Å². The lowest BCUT2D eigenvalue weighted by Crippen LogP contribution is -2.26. The summed E-state index contributed by atoms with van der Waals surface area (Å²) < 4.78 is 0. The monoisotopic (exact) mass is 336 g/mol. The first-order chi connectivity index (χ1) is 10.2. The SMILES string of the molecule is CN(C)c1ccc(Cl)c(-c2cc(Cl)ccc2NC(C)(C)C)c1. The van der Waals surface area contributed by atoms with Crippen molar-refractivity contribution >= 4 is 34.6 Å². The van der Waals surface area contributed by atoms with Crippen LogP contribution in [0.1, 0.15) is 20.8 Å². The van der Waals surface area contributed by atoms with Gasteiger partial charge in [-0.2, -0.15) is 0 Å². The van der Waals surface area contributed by atoms with Crippen LogP contribution in [0.5, 0.6) is 0 Å². The summed E-state index contributed by atoms with van der Waals surface area (Å²) in [5.41, 5.74) is 4.06. The zero-order valence-electron chi connectivity index (χ0n) is 13.7. The number of hydrogen-bond acceptors (Lipinski definition) is 2. The lowest BCUT2D eigenvalue weighted by atomic mass is 10.0. The van der Waals surface area contributed by atoms with Gasteiger partial charge in [-0.05, 0) is 57.2 Å². The smallest absolute Gasteiger partial charge is 0.0486 e. The second-order valence-electron chi connectivity index (χ2n) is 6.62. The maximum atomic E-state index is 6.44. The number of benzene rings is 2. The minimum atomic E-state index is -0.0474. The van der Waals surface area contributed by atoms with Crippen molar-refractivity contribution in [3.63, 3.8) is 0 Å². The largest absolute Gasteiger partial charge is 0.380 e. The van der Waals surface area contributed by atoms with E-state index >= 15 is 0 Å². The molecule has 2 aromatic rings. The van der Waals surface area contributed by atoms with E-state index in [2.05, 4.69) is 37.1 Å². The molecule has 2 aromatic carbocycles. The van der Waals surface area contributed by atoms with Gasteiger partial charge in [0.1, 0.15) is 0 Å². The van der Waals surface area contributed by atoms with Gasteiger partial charge in [-0.25, -0.2) is 0 Å². The molecule has 0 spiro atoms. The average molecular weight is 337 g/mol. The maximum absolute atomic E-state index is 6.44. The second kappa shape index (κ2) is 6.39. The van der Waals surface area contributed by atoms with Crippen LogP contribution in [-0.2, 0) is 0 Å². The Morgan fingerprint density at radius 3 is 2.18 bits per heavy atom. The van der Waals surface area contributed by atoms with E-state index in [0.29, 0.717) is 10.0 Å². The summed E-state index contributed by atoms with van der Waals surface area (Å²) in [6.45, 7) is 6.38. The van der Waals surface area contributed by atoms with E-state index in [1.54, 1.807) is 0 Å². The molecule has 0 heterocycles. The number of hydrogen-bond donors (Lipinski definition) is 1. The predicted octanol–water partition coefficient (Wildman–Crippen LogP) is 5.94. The first-order valence-electron chi connectivity index (χ1n) is 7.22.